The lowest BCUT2D eigenvalue weighted by atomic mass is 10.1. The van der Waals surface area contributed by atoms with Gasteiger partial charge in [-0.05, 0) is 61.9 Å². The van der Waals surface area contributed by atoms with Crippen LogP contribution in [0.1, 0.15) is 19.4 Å². The summed E-state index contributed by atoms with van der Waals surface area (Å²) in [6.07, 6.45) is 0. The van der Waals surface area contributed by atoms with Gasteiger partial charge in [-0.1, -0.05) is 15.9 Å². The van der Waals surface area contributed by atoms with Crippen molar-refractivity contribution in [1.82, 2.24) is 19.7 Å². The Labute approximate surface area is 170 Å². The van der Waals surface area contributed by atoms with E-state index in [0.717, 1.165) is 43.6 Å². The first-order valence-corrected chi connectivity index (χ1v) is 9.68. The molecule has 0 aliphatic carbocycles. The first kappa shape index (κ1) is 18.4. The first-order chi connectivity index (χ1) is 13.6. The van der Waals surface area contributed by atoms with Gasteiger partial charge in [0.15, 0.2) is 5.65 Å². The van der Waals surface area contributed by atoms with Crippen molar-refractivity contribution in [3.05, 3.63) is 52.5 Å². The molecule has 0 saturated carbocycles. The monoisotopic (exact) mass is 438 g/mol. The lowest BCUT2D eigenvalue weighted by Gasteiger charge is -2.05. The number of benzene rings is 2. The molecule has 1 N–H and O–H groups in total. The van der Waals surface area contributed by atoms with Crippen molar-refractivity contribution in [3.8, 4) is 5.75 Å². The predicted octanol–water partition coefficient (Wildman–Crippen LogP) is 4.51. The van der Waals surface area contributed by atoms with E-state index in [1.807, 2.05) is 67.9 Å². The molecule has 0 saturated heterocycles. The second-order valence-corrected chi connectivity index (χ2v) is 7.21. The topological polar surface area (TPSA) is 77.2 Å². The van der Waals surface area contributed by atoms with Crippen molar-refractivity contribution in [2.24, 2.45) is 12.1 Å². The maximum atomic E-state index is 5.47. The van der Waals surface area contributed by atoms with Gasteiger partial charge in [0.2, 0.25) is 0 Å². The van der Waals surface area contributed by atoms with Crippen LogP contribution in [-0.2, 0) is 7.05 Å². The number of rotatable bonds is 5. The fourth-order valence-electron chi connectivity index (χ4n) is 3.04. The Hall–Kier alpha value is -3.00. The van der Waals surface area contributed by atoms with E-state index in [4.69, 9.17) is 4.74 Å². The van der Waals surface area contributed by atoms with Crippen LogP contribution >= 0.6 is 15.9 Å². The average molecular weight is 439 g/mol. The number of nitrogens with one attached hydrogen (secondary N) is 1. The number of halogens is 1. The molecule has 0 fully saturated rings. The molecule has 0 aliphatic rings. The molecule has 2 aromatic carbocycles. The summed E-state index contributed by atoms with van der Waals surface area (Å²) in [6, 6.07) is 13.8. The molecule has 28 heavy (non-hydrogen) atoms. The lowest BCUT2D eigenvalue weighted by Crippen LogP contribution is -2.04. The molecule has 0 atom stereocenters. The van der Waals surface area contributed by atoms with Crippen molar-refractivity contribution in [2.75, 3.05) is 12.0 Å². The molecule has 8 heteroatoms. The summed E-state index contributed by atoms with van der Waals surface area (Å²) in [4.78, 5) is 4.58. The molecule has 0 unspecified atom stereocenters. The second kappa shape index (κ2) is 7.55. The van der Waals surface area contributed by atoms with Crippen LogP contribution in [0, 0.1) is 0 Å². The van der Waals surface area contributed by atoms with Gasteiger partial charge in [-0.15, -0.1) is 10.2 Å². The highest BCUT2D eigenvalue weighted by Gasteiger charge is 2.13. The van der Waals surface area contributed by atoms with E-state index in [9.17, 15) is 0 Å². The van der Waals surface area contributed by atoms with Crippen LogP contribution in [0.3, 0.4) is 0 Å². The summed E-state index contributed by atoms with van der Waals surface area (Å²) in [5.74, 6) is 1.19. The number of aryl methyl sites for hydroxylation is 1. The number of hydrogen-bond acceptors (Lipinski definition) is 6. The van der Waals surface area contributed by atoms with E-state index in [1.165, 1.54) is 0 Å². The van der Waals surface area contributed by atoms with E-state index < -0.39 is 0 Å². The third-order valence-electron chi connectivity index (χ3n) is 4.47. The predicted molar refractivity (Wildman–Crippen MR) is 115 cm³/mol. The third-order valence-corrected chi connectivity index (χ3v) is 4.96. The summed E-state index contributed by atoms with van der Waals surface area (Å²) in [5.41, 5.74) is 7.26. The van der Waals surface area contributed by atoms with E-state index in [1.54, 1.807) is 0 Å². The number of hydrogen-bond donors (Lipinski definition) is 1. The van der Waals surface area contributed by atoms with Gasteiger partial charge in [-0.25, -0.2) is 5.43 Å². The molecular formula is C20H19BrN6O. The standard InChI is InChI=1S/C20H19BrN6O/c1-4-28-15-8-5-13(6-9-15)12(2)23-25-20-22-19-18(24-26-20)16-11-14(21)7-10-17(16)27(19)3/h5-11H,4H2,1-3H3,(H,22,25,26). The summed E-state index contributed by atoms with van der Waals surface area (Å²) in [6.45, 7) is 4.53. The molecule has 0 aliphatic heterocycles. The minimum absolute atomic E-state index is 0.350. The minimum atomic E-state index is 0.350. The molecule has 0 radical (unpaired) electrons. The summed E-state index contributed by atoms with van der Waals surface area (Å²) >= 11 is 3.50. The second-order valence-electron chi connectivity index (χ2n) is 6.29. The fraction of sp³-hybridized carbons (Fsp3) is 0.200. The van der Waals surface area contributed by atoms with Crippen LogP contribution in [-0.4, -0.2) is 32.1 Å². The normalized spacial score (nSPS) is 11.9. The van der Waals surface area contributed by atoms with Crippen LogP contribution in [0.5, 0.6) is 5.75 Å². The molecule has 7 nitrogen and oxygen atoms in total. The average Bonchev–Trinajstić information content (AvgIpc) is 2.98. The highest BCUT2D eigenvalue weighted by atomic mass is 79.9. The van der Waals surface area contributed by atoms with Gasteiger partial charge in [0.25, 0.3) is 5.95 Å². The highest BCUT2D eigenvalue weighted by Crippen LogP contribution is 2.28. The van der Waals surface area contributed by atoms with Gasteiger partial charge >= 0.3 is 0 Å². The van der Waals surface area contributed by atoms with Crippen LogP contribution in [0.15, 0.2) is 52.0 Å². The molecule has 2 heterocycles. The molecule has 142 valence electrons. The zero-order valence-electron chi connectivity index (χ0n) is 15.8. The number of ether oxygens (including phenoxy) is 1. The van der Waals surface area contributed by atoms with Gasteiger partial charge in [0, 0.05) is 16.9 Å². The lowest BCUT2D eigenvalue weighted by molar-refractivity contribution is 0.340. The largest absolute Gasteiger partial charge is 0.494 e. The molecule has 4 rings (SSSR count). The summed E-state index contributed by atoms with van der Waals surface area (Å²) in [7, 11) is 1.96. The van der Waals surface area contributed by atoms with Gasteiger partial charge < -0.3 is 9.30 Å². The maximum absolute atomic E-state index is 5.47. The van der Waals surface area contributed by atoms with Crippen molar-refractivity contribution in [2.45, 2.75) is 13.8 Å². The van der Waals surface area contributed by atoms with E-state index in [0.29, 0.717) is 12.6 Å². The van der Waals surface area contributed by atoms with Gasteiger partial charge in [-0.2, -0.15) is 10.1 Å². The Kier molecular flexibility index (Phi) is 4.95. The molecule has 0 amide bonds. The Morgan fingerprint density at radius 1 is 1.18 bits per heavy atom. The van der Waals surface area contributed by atoms with Crippen LogP contribution in [0.2, 0.25) is 0 Å². The van der Waals surface area contributed by atoms with Crippen molar-refractivity contribution >= 4 is 49.7 Å². The zero-order chi connectivity index (χ0) is 19.7. The molecule has 0 spiro atoms. The summed E-state index contributed by atoms with van der Waals surface area (Å²) in [5, 5.41) is 13.9. The number of hydrazone groups is 1. The van der Waals surface area contributed by atoms with Crippen LogP contribution in [0.25, 0.3) is 22.1 Å². The third kappa shape index (κ3) is 3.43. The van der Waals surface area contributed by atoms with Crippen molar-refractivity contribution < 1.29 is 4.74 Å². The van der Waals surface area contributed by atoms with Crippen LogP contribution < -0.4 is 10.2 Å². The number of fused-ring (bicyclic) bond motifs is 3. The quantitative estimate of drug-likeness (QED) is 0.366. The number of aromatic nitrogens is 4. The van der Waals surface area contributed by atoms with Crippen LogP contribution in [0.4, 0.5) is 5.95 Å². The summed E-state index contributed by atoms with van der Waals surface area (Å²) < 4.78 is 8.46. The molecular weight excluding hydrogens is 420 g/mol. The molecule has 0 bridgehead atoms. The van der Waals surface area contributed by atoms with Gasteiger partial charge in [0.05, 0.1) is 17.8 Å². The zero-order valence-corrected chi connectivity index (χ0v) is 17.4. The Balaban J connectivity index is 1.61. The van der Waals surface area contributed by atoms with E-state index in [-0.39, 0.29) is 0 Å². The fourth-order valence-corrected chi connectivity index (χ4v) is 3.40. The van der Waals surface area contributed by atoms with Crippen molar-refractivity contribution in [1.29, 1.82) is 0 Å². The number of nitrogens with zero attached hydrogens (tertiary/aromatic N) is 5. The SMILES string of the molecule is CCOc1ccc(C(C)=NNc2nnc3c4cc(Br)ccc4n(C)c3n2)cc1. The van der Waals surface area contributed by atoms with Crippen molar-refractivity contribution in [3.63, 3.8) is 0 Å². The van der Waals surface area contributed by atoms with E-state index >= 15 is 0 Å². The Morgan fingerprint density at radius 2 is 1.96 bits per heavy atom. The minimum Gasteiger partial charge on any atom is -0.494 e. The van der Waals surface area contributed by atoms with E-state index in [2.05, 4.69) is 41.6 Å². The molecule has 4 aromatic rings. The first-order valence-electron chi connectivity index (χ1n) is 8.88. The van der Waals surface area contributed by atoms with Gasteiger partial charge in [-0.3, -0.25) is 0 Å². The molecule has 2 aromatic heterocycles. The maximum Gasteiger partial charge on any atom is 0.265 e. The highest BCUT2D eigenvalue weighted by molar-refractivity contribution is 9.10. The Morgan fingerprint density at radius 3 is 2.71 bits per heavy atom. The smallest absolute Gasteiger partial charge is 0.265 e. The van der Waals surface area contributed by atoms with Gasteiger partial charge in [0.1, 0.15) is 11.3 Å². The number of anilines is 1. The Bertz CT molecular complexity index is 1180.